The summed E-state index contributed by atoms with van der Waals surface area (Å²) in [4.78, 5) is 0. The summed E-state index contributed by atoms with van der Waals surface area (Å²) in [6, 6.07) is 4.82. The summed E-state index contributed by atoms with van der Waals surface area (Å²) in [5.41, 5.74) is 0.965. The maximum absolute atomic E-state index is 9.50. The van der Waals surface area contributed by atoms with Crippen LogP contribution in [0.1, 0.15) is 23.3 Å². The third-order valence-electron chi connectivity index (χ3n) is 2.21. The molecule has 0 saturated heterocycles. The lowest BCUT2D eigenvalue weighted by molar-refractivity contribution is 0.185. The molecular formula is C10H10O3. The third kappa shape index (κ3) is 1.22. The lowest BCUT2D eigenvalue weighted by atomic mass is 9.92. The van der Waals surface area contributed by atoms with Crippen LogP contribution in [-0.4, -0.2) is 15.3 Å². The summed E-state index contributed by atoms with van der Waals surface area (Å²) < 4.78 is 0. The van der Waals surface area contributed by atoms with Crippen LogP contribution in [0.5, 0.6) is 5.75 Å². The van der Waals surface area contributed by atoms with Crippen molar-refractivity contribution in [2.75, 3.05) is 0 Å². The lowest BCUT2D eigenvalue weighted by Gasteiger charge is -2.21. The topological polar surface area (TPSA) is 60.7 Å². The van der Waals surface area contributed by atoms with E-state index in [-0.39, 0.29) is 5.75 Å². The molecule has 3 nitrogen and oxygen atoms in total. The number of rotatable bonds is 0. The molecule has 2 unspecified atom stereocenters. The first kappa shape index (κ1) is 8.29. The minimum Gasteiger partial charge on any atom is -0.508 e. The normalized spacial score (nSPS) is 25.7. The second-order valence-corrected chi connectivity index (χ2v) is 3.05. The van der Waals surface area contributed by atoms with Gasteiger partial charge in [0.15, 0.2) is 0 Å². The molecule has 0 fully saturated rings. The summed E-state index contributed by atoms with van der Waals surface area (Å²) in [6.45, 7) is 0. The summed E-state index contributed by atoms with van der Waals surface area (Å²) in [5, 5.41) is 28.4. The zero-order valence-electron chi connectivity index (χ0n) is 6.88. The van der Waals surface area contributed by atoms with Gasteiger partial charge in [-0.3, -0.25) is 0 Å². The van der Waals surface area contributed by atoms with Crippen LogP contribution in [0.15, 0.2) is 30.4 Å². The second-order valence-electron chi connectivity index (χ2n) is 3.05. The molecule has 0 bridgehead atoms. The van der Waals surface area contributed by atoms with Crippen molar-refractivity contribution in [2.45, 2.75) is 12.2 Å². The van der Waals surface area contributed by atoms with E-state index in [4.69, 9.17) is 0 Å². The largest absolute Gasteiger partial charge is 0.508 e. The zero-order chi connectivity index (χ0) is 9.42. The molecule has 0 heterocycles. The fourth-order valence-electron chi connectivity index (χ4n) is 1.56. The van der Waals surface area contributed by atoms with Crippen LogP contribution in [0.3, 0.4) is 0 Å². The van der Waals surface area contributed by atoms with Gasteiger partial charge < -0.3 is 15.3 Å². The molecule has 1 aliphatic carbocycles. The molecule has 68 valence electrons. The average Bonchev–Trinajstić information content (AvgIpc) is 2.12. The van der Waals surface area contributed by atoms with Gasteiger partial charge in [-0.1, -0.05) is 24.3 Å². The minimum atomic E-state index is -0.820. The van der Waals surface area contributed by atoms with Crippen molar-refractivity contribution in [2.24, 2.45) is 0 Å². The molecule has 1 aromatic carbocycles. The molecule has 0 saturated carbocycles. The van der Waals surface area contributed by atoms with Gasteiger partial charge >= 0.3 is 0 Å². The average molecular weight is 178 g/mol. The van der Waals surface area contributed by atoms with Crippen LogP contribution in [-0.2, 0) is 0 Å². The van der Waals surface area contributed by atoms with E-state index >= 15 is 0 Å². The fraction of sp³-hybridized carbons (Fsp3) is 0.200. The molecule has 0 radical (unpaired) electrons. The Morgan fingerprint density at radius 3 is 2.38 bits per heavy atom. The number of hydrogen-bond acceptors (Lipinski definition) is 3. The Kier molecular flexibility index (Phi) is 1.83. The van der Waals surface area contributed by atoms with E-state index in [0.29, 0.717) is 11.1 Å². The minimum absolute atomic E-state index is 0.0217. The predicted molar refractivity (Wildman–Crippen MR) is 47.2 cm³/mol. The molecule has 3 heteroatoms. The van der Waals surface area contributed by atoms with E-state index in [2.05, 4.69) is 0 Å². The first-order chi connectivity index (χ1) is 6.20. The summed E-state index contributed by atoms with van der Waals surface area (Å²) in [7, 11) is 0. The molecule has 0 amide bonds. The van der Waals surface area contributed by atoms with Crippen LogP contribution in [0.25, 0.3) is 0 Å². The highest BCUT2D eigenvalue weighted by atomic mass is 16.3. The van der Waals surface area contributed by atoms with E-state index in [1.807, 2.05) is 0 Å². The van der Waals surface area contributed by atoms with Crippen LogP contribution in [0.4, 0.5) is 0 Å². The first-order valence-corrected chi connectivity index (χ1v) is 4.06. The van der Waals surface area contributed by atoms with E-state index in [1.165, 1.54) is 18.2 Å². The van der Waals surface area contributed by atoms with Crippen molar-refractivity contribution in [1.82, 2.24) is 0 Å². The Morgan fingerprint density at radius 1 is 1.00 bits per heavy atom. The van der Waals surface area contributed by atoms with E-state index in [0.717, 1.165) is 0 Å². The molecule has 13 heavy (non-hydrogen) atoms. The Morgan fingerprint density at radius 2 is 1.69 bits per heavy atom. The van der Waals surface area contributed by atoms with Crippen LogP contribution < -0.4 is 0 Å². The quantitative estimate of drug-likeness (QED) is 0.520. The smallest absolute Gasteiger partial charge is 0.122 e. The van der Waals surface area contributed by atoms with Crippen molar-refractivity contribution in [3.05, 3.63) is 41.5 Å². The van der Waals surface area contributed by atoms with Gasteiger partial charge in [-0.2, -0.15) is 0 Å². The SMILES string of the molecule is Oc1cccc2c1C(O)C=CC2O. The number of aromatic hydroxyl groups is 1. The number of hydrogen-bond donors (Lipinski definition) is 3. The van der Waals surface area contributed by atoms with Crippen molar-refractivity contribution in [3.8, 4) is 5.75 Å². The third-order valence-corrected chi connectivity index (χ3v) is 2.21. The van der Waals surface area contributed by atoms with Gasteiger partial charge in [-0.25, -0.2) is 0 Å². The monoisotopic (exact) mass is 178 g/mol. The second kappa shape index (κ2) is 2.87. The van der Waals surface area contributed by atoms with E-state index in [1.54, 1.807) is 12.1 Å². The maximum atomic E-state index is 9.50. The highest BCUT2D eigenvalue weighted by molar-refractivity contribution is 5.46. The first-order valence-electron chi connectivity index (χ1n) is 4.06. The van der Waals surface area contributed by atoms with Gasteiger partial charge in [0.05, 0.1) is 6.10 Å². The zero-order valence-corrected chi connectivity index (χ0v) is 6.88. The van der Waals surface area contributed by atoms with Crippen molar-refractivity contribution in [1.29, 1.82) is 0 Å². The van der Waals surface area contributed by atoms with Gasteiger partial charge in [0.1, 0.15) is 11.9 Å². The van der Waals surface area contributed by atoms with E-state index < -0.39 is 12.2 Å². The van der Waals surface area contributed by atoms with Crippen molar-refractivity contribution >= 4 is 0 Å². The molecule has 3 N–H and O–H groups in total. The molecule has 1 aromatic rings. The number of fused-ring (bicyclic) bond motifs is 1. The van der Waals surface area contributed by atoms with E-state index in [9.17, 15) is 15.3 Å². The molecule has 2 rings (SSSR count). The van der Waals surface area contributed by atoms with Crippen LogP contribution >= 0.6 is 0 Å². The molecule has 0 spiro atoms. The number of phenols is 1. The molecular weight excluding hydrogens is 168 g/mol. The highest BCUT2D eigenvalue weighted by Gasteiger charge is 2.22. The summed E-state index contributed by atoms with van der Waals surface area (Å²) in [5.74, 6) is 0.0217. The maximum Gasteiger partial charge on any atom is 0.122 e. The lowest BCUT2D eigenvalue weighted by Crippen LogP contribution is -2.08. The molecule has 1 aliphatic rings. The Hall–Kier alpha value is -1.32. The summed E-state index contributed by atoms with van der Waals surface area (Å²) >= 11 is 0. The number of aliphatic hydroxyl groups excluding tert-OH is 2. The Balaban J connectivity index is 2.62. The van der Waals surface area contributed by atoms with Gasteiger partial charge in [-0.05, 0) is 11.6 Å². The summed E-state index contributed by atoms with van der Waals surface area (Å²) in [6.07, 6.45) is 1.42. The van der Waals surface area contributed by atoms with Gasteiger partial charge in [0.25, 0.3) is 0 Å². The molecule has 0 aromatic heterocycles. The van der Waals surface area contributed by atoms with Crippen LogP contribution in [0, 0.1) is 0 Å². The van der Waals surface area contributed by atoms with Crippen molar-refractivity contribution in [3.63, 3.8) is 0 Å². The van der Waals surface area contributed by atoms with Crippen LogP contribution in [0.2, 0.25) is 0 Å². The number of aliphatic hydroxyl groups is 2. The Labute approximate surface area is 75.6 Å². The molecule has 2 atom stereocenters. The number of phenolic OH excluding ortho intramolecular Hbond substituents is 1. The standard InChI is InChI=1S/C10H10O3/c11-7-4-5-9(13)10-6(7)2-1-3-8(10)12/h1-5,7,9,11-13H. The molecule has 0 aliphatic heterocycles. The predicted octanol–water partition coefficient (Wildman–Crippen LogP) is 1.03. The fourth-order valence-corrected chi connectivity index (χ4v) is 1.56. The Bertz CT molecular complexity index is 357. The van der Waals surface area contributed by atoms with Crippen molar-refractivity contribution < 1.29 is 15.3 Å². The highest BCUT2D eigenvalue weighted by Crippen LogP contribution is 2.36. The van der Waals surface area contributed by atoms with Gasteiger partial charge in [0.2, 0.25) is 0 Å². The van der Waals surface area contributed by atoms with Gasteiger partial charge in [-0.15, -0.1) is 0 Å². The van der Waals surface area contributed by atoms with Gasteiger partial charge in [0, 0.05) is 5.56 Å². The number of benzene rings is 1.